The van der Waals surface area contributed by atoms with Gasteiger partial charge in [0.1, 0.15) is 0 Å². The fourth-order valence-corrected chi connectivity index (χ4v) is 2.71. The molecule has 8 heteroatoms. The lowest BCUT2D eigenvalue weighted by Gasteiger charge is -2.26. The van der Waals surface area contributed by atoms with Crippen LogP contribution in [0.15, 0.2) is 22.7 Å². The lowest BCUT2D eigenvalue weighted by Crippen LogP contribution is -2.37. The third-order valence-corrected chi connectivity index (χ3v) is 4.10. The van der Waals surface area contributed by atoms with Crippen LogP contribution in [0.2, 0.25) is 0 Å². The molecular formula is C17H24N4O4. The van der Waals surface area contributed by atoms with E-state index in [1.165, 1.54) is 0 Å². The van der Waals surface area contributed by atoms with Crippen molar-refractivity contribution in [3.05, 3.63) is 18.2 Å². The predicted octanol–water partition coefficient (Wildman–Crippen LogP) is 1.89. The molecule has 1 saturated heterocycles. The second-order valence-electron chi connectivity index (χ2n) is 5.73. The number of aromatic nitrogens is 2. The van der Waals surface area contributed by atoms with E-state index in [-0.39, 0.29) is 0 Å². The zero-order valence-corrected chi connectivity index (χ0v) is 14.7. The van der Waals surface area contributed by atoms with Crippen LogP contribution in [0.3, 0.4) is 0 Å². The number of ether oxygens (including phenoxy) is 3. The average Bonchev–Trinajstić information content (AvgIpc) is 3.14. The molecule has 8 nitrogen and oxygen atoms in total. The van der Waals surface area contributed by atoms with E-state index in [0.29, 0.717) is 23.3 Å². The van der Waals surface area contributed by atoms with Crippen molar-refractivity contribution in [2.24, 2.45) is 0 Å². The number of benzene rings is 1. The SMILES string of the molecule is COc1ccc(-c2noc(NCCCN3CCOCC3)n2)cc1OC. The zero-order chi connectivity index (χ0) is 17.5. The van der Waals surface area contributed by atoms with E-state index in [0.717, 1.165) is 51.4 Å². The van der Waals surface area contributed by atoms with Gasteiger partial charge < -0.3 is 24.1 Å². The van der Waals surface area contributed by atoms with Crippen LogP contribution in [0.1, 0.15) is 6.42 Å². The normalized spacial score (nSPS) is 15.1. The molecule has 1 N–H and O–H groups in total. The first-order valence-electron chi connectivity index (χ1n) is 8.40. The molecule has 25 heavy (non-hydrogen) atoms. The fraction of sp³-hybridized carbons (Fsp3) is 0.529. The molecule has 0 unspecified atom stereocenters. The van der Waals surface area contributed by atoms with Gasteiger partial charge in [-0.1, -0.05) is 5.16 Å². The highest BCUT2D eigenvalue weighted by Gasteiger charge is 2.12. The number of hydrogen-bond acceptors (Lipinski definition) is 8. The minimum absolute atomic E-state index is 0.423. The van der Waals surface area contributed by atoms with Crippen molar-refractivity contribution in [3.8, 4) is 22.9 Å². The Morgan fingerprint density at radius 1 is 1.16 bits per heavy atom. The van der Waals surface area contributed by atoms with Gasteiger partial charge in [0.05, 0.1) is 27.4 Å². The predicted molar refractivity (Wildman–Crippen MR) is 93.2 cm³/mol. The summed E-state index contributed by atoms with van der Waals surface area (Å²) < 4.78 is 21.1. The number of nitrogens with zero attached hydrogens (tertiary/aromatic N) is 3. The Hall–Kier alpha value is -2.32. The van der Waals surface area contributed by atoms with Crippen molar-refractivity contribution >= 4 is 6.01 Å². The molecule has 1 aliphatic rings. The average molecular weight is 348 g/mol. The number of nitrogens with one attached hydrogen (secondary N) is 1. The second kappa shape index (κ2) is 8.68. The monoisotopic (exact) mass is 348 g/mol. The van der Waals surface area contributed by atoms with Crippen LogP contribution in [0, 0.1) is 0 Å². The highest BCUT2D eigenvalue weighted by atomic mass is 16.5. The number of methoxy groups -OCH3 is 2. The first-order chi connectivity index (χ1) is 12.3. The number of morpholine rings is 1. The largest absolute Gasteiger partial charge is 0.493 e. The van der Waals surface area contributed by atoms with Gasteiger partial charge in [0.15, 0.2) is 11.5 Å². The summed E-state index contributed by atoms with van der Waals surface area (Å²) in [7, 11) is 3.20. The smallest absolute Gasteiger partial charge is 0.321 e. The van der Waals surface area contributed by atoms with Gasteiger partial charge in [-0.3, -0.25) is 4.90 Å². The molecule has 0 bridgehead atoms. The summed E-state index contributed by atoms with van der Waals surface area (Å²) in [6.07, 6.45) is 1.01. The van der Waals surface area contributed by atoms with E-state index in [2.05, 4.69) is 20.4 Å². The van der Waals surface area contributed by atoms with Crippen LogP contribution in [0.4, 0.5) is 6.01 Å². The minimum atomic E-state index is 0.423. The Bertz CT molecular complexity index is 670. The first kappa shape index (κ1) is 17.5. The molecule has 1 aromatic carbocycles. The third-order valence-electron chi connectivity index (χ3n) is 4.10. The molecule has 2 heterocycles. The van der Waals surface area contributed by atoms with E-state index in [4.69, 9.17) is 18.7 Å². The maximum atomic E-state index is 5.34. The lowest BCUT2D eigenvalue weighted by molar-refractivity contribution is 0.0378. The van der Waals surface area contributed by atoms with E-state index < -0.39 is 0 Å². The van der Waals surface area contributed by atoms with Crippen LogP contribution in [0.5, 0.6) is 11.5 Å². The molecule has 0 aliphatic carbocycles. The molecule has 0 amide bonds. The molecule has 2 aromatic rings. The maximum absolute atomic E-state index is 5.34. The Kier molecular flexibility index (Phi) is 6.08. The Morgan fingerprint density at radius 3 is 2.72 bits per heavy atom. The topological polar surface area (TPSA) is 81.9 Å². The summed E-state index contributed by atoms with van der Waals surface area (Å²) in [5, 5.41) is 7.19. The minimum Gasteiger partial charge on any atom is -0.493 e. The second-order valence-corrected chi connectivity index (χ2v) is 5.73. The molecule has 0 saturated carbocycles. The van der Waals surface area contributed by atoms with Gasteiger partial charge >= 0.3 is 6.01 Å². The van der Waals surface area contributed by atoms with Crippen LogP contribution in [-0.2, 0) is 4.74 Å². The van der Waals surface area contributed by atoms with Crippen molar-refractivity contribution in [3.63, 3.8) is 0 Å². The summed E-state index contributed by atoms with van der Waals surface area (Å²) in [6, 6.07) is 5.94. The number of anilines is 1. The van der Waals surface area contributed by atoms with Gasteiger partial charge in [0, 0.05) is 25.2 Å². The molecular weight excluding hydrogens is 324 g/mol. The standard InChI is InChI=1S/C17H24N4O4/c1-22-14-5-4-13(12-15(14)23-2)16-19-17(25-20-16)18-6-3-7-21-8-10-24-11-9-21/h4-5,12H,3,6-11H2,1-2H3,(H,18,19,20). The quantitative estimate of drug-likeness (QED) is 0.724. The van der Waals surface area contributed by atoms with Gasteiger partial charge in [-0.05, 0) is 31.2 Å². The van der Waals surface area contributed by atoms with E-state index in [1.54, 1.807) is 14.2 Å². The van der Waals surface area contributed by atoms with Gasteiger partial charge in [-0.15, -0.1) is 0 Å². The lowest BCUT2D eigenvalue weighted by atomic mass is 10.2. The zero-order valence-electron chi connectivity index (χ0n) is 14.7. The molecule has 0 spiro atoms. The number of hydrogen-bond donors (Lipinski definition) is 1. The van der Waals surface area contributed by atoms with Crippen molar-refractivity contribution < 1.29 is 18.7 Å². The molecule has 1 fully saturated rings. The van der Waals surface area contributed by atoms with E-state index in [1.807, 2.05) is 18.2 Å². The Balaban J connectivity index is 1.51. The molecule has 0 atom stereocenters. The third kappa shape index (κ3) is 4.61. The van der Waals surface area contributed by atoms with Gasteiger partial charge in [0.2, 0.25) is 5.82 Å². The van der Waals surface area contributed by atoms with E-state index >= 15 is 0 Å². The van der Waals surface area contributed by atoms with Crippen LogP contribution >= 0.6 is 0 Å². The highest BCUT2D eigenvalue weighted by Crippen LogP contribution is 2.31. The first-order valence-corrected chi connectivity index (χ1v) is 8.40. The number of rotatable bonds is 8. The highest BCUT2D eigenvalue weighted by molar-refractivity contribution is 5.61. The summed E-state index contributed by atoms with van der Waals surface area (Å²) in [4.78, 5) is 6.77. The van der Waals surface area contributed by atoms with E-state index in [9.17, 15) is 0 Å². The maximum Gasteiger partial charge on any atom is 0.321 e. The summed E-state index contributed by atoms with van der Waals surface area (Å²) >= 11 is 0. The molecule has 3 rings (SSSR count). The Morgan fingerprint density at radius 2 is 1.96 bits per heavy atom. The molecule has 1 aliphatic heterocycles. The fourth-order valence-electron chi connectivity index (χ4n) is 2.71. The molecule has 1 aromatic heterocycles. The summed E-state index contributed by atoms with van der Waals surface area (Å²) in [5.41, 5.74) is 0.808. The van der Waals surface area contributed by atoms with Gasteiger partial charge in [0.25, 0.3) is 0 Å². The summed E-state index contributed by atoms with van der Waals surface area (Å²) in [6.45, 7) is 5.48. The Labute approximate surface area is 147 Å². The van der Waals surface area contributed by atoms with Crippen molar-refractivity contribution in [2.75, 3.05) is 58.9 Å². The van der Waals surface area contributed by atoms with Crippen LogP contribution in [-0.4, -0.2) is 68.7 Å². The molecule has 0 radical (unpaired) electrons. The van der Waals surface area contributed by atoms with Crippen LogP contribution < -0.4 is 14.8 Å². The van der Waals surface area contributed by atoms with Gasteiger partial charge in [-0.2, -0.15) is 4.98 Å². The van der Waals surface area contributed by atoms with Gasteiger partial charge in [-0.25, -0.2) is 0 Å². The molecule has 136 valence electrons. The van der Waals surface area contributed by atoms with Crippen molar-refractivity contribution in [2.45, 2.75) is 6.42 Å². The van der Waals surface area contributed by atoms with Crippen LogP contribution in [0.25, 0.3) is 11.4 Å². The summed E-state index contributed by atoms with van der Waals surface area (Å²) in [5.74, 6) is 1.80. The van der Waals surface area contributed by atoms with Crippen molar-refractivity contribution in [1.82, 2.24) is 15.0 Å². The van der Waals surface area contributed by atoms with Crippen molar-refractivity contribution in [1.29, 1.82) is 0 Å².